The maximum absolute atomic E-state index is 12.3. The first-order chi connectivity index (χ1) is 12.1. The molecule has 2 aromatic carbocycles. The number of methoxy groups -OCH3 is 2. The smallest absolute Gasteiger partial charge is 0.243 e. The lowest BCUT2D eigenvalue weighted by atomic mass is 10.0. The van der Waals surface area contributed by atoms with Gasteiger partial charge in [0, 0.05) is 11.8 Å². The summed E-state index contributed by atoms with van der Waals surface area (Å²) >= 11 is 0. The molecule has 0 spiro atoms. The van der Waals surface area contributed by atoms with E-state index in [4.69, 9.17) is 9.47 Å². The maximum atomic E-state index is 12.3. The molecule has 0 aliphatic rings. The normalized spacial score (nSPS) is 10.2. The van der Waals surface area contributed by atoms with Crippen molar-refractivity contribution >= 4 is 17.3 Å². The highest BCUT2D eigenvalue weighted by Gasteiger charge is 2.11. The molecule has 5 heteroatoms. The minimum absolute atomic E-state index is 0.128. The van der Waals surface area contributed by atoms with Gasteiger partial charge in [-0.05, 0) is 36.1 Å². The van der Waals surface area contributed by atoms with Crippen LogP contribution in [0.1, 0.15) is 25.0 Å². The zero-order chi connectivity index (χ0) is 18.2. The van der Waals surface area contributed by atoms with Gasteiger partial charge in [0.1, 0.15) is 11.5 Å². The first-order valence-corrected chi connectivity index (χ1v) is 8.49. The highest BCUT2D eigenvalue weighted by atomic mass is 16.5. The fraction of sp³-hybridized carbons (Fsp3) is 0.350. The van der Waals surface area contributed by atoms with Crippen molar-refractivity contribution in [1.29, 1.82) is 0 Å². The van der Waals surface area contributed by atoms with Crippen molar-refractivity contribution < 1.29 is 14.3 Å². The van der Waals surface area contributed by atoms with E-state index in [1.165, 1.54) is 11.1 Å². The van der Waals surface area contributed by atoms with E-state index in [-0.39, 0.29) is 12.5 Å². The molecule has 25 heavy (non-hydrogen) atoms. The summed E-state index contributed by atoms with van der Waals surface area (Å²) in [6.45, 7) is 4.42. The second-order valence-electron chi connectivity index (χ2n) is 5.63. The molecule has 2 rings (SSSR count). The third-order valence-electron chi connectivity index (χ3n) is 4.11. The fourth-order valence-corrected chi connectivity index (χ4v) is 2.73. The summed E-state index contributed by atoms with van der Waals surface area (Å²) in [4.78, 5) is 12.3. The van der Waals surface area contributed by atoms with Crippen LogP contribution in [0.2, 0.25) is 0 Å². The number of anilines is 2. The van der Waals surface area contributed by atoms with Gasteiger partial charge in [0.25, 0.3) is 0 Å². The van der Waals surface area contributed by atoms with Gasteiger partial charge in [0.2, 0.25) is 5.91 Å². The number of nitrogens with one attached hydrogen (secondary N) is 2. The molecule has 0 saturated carbocycles. The molecule has 0 aliphatic carbocycles. The van der Waals surface area contributed by atoms with Gasteiger partial charge in [-0.1, -0.05) is 32.0 Å². The molecule has 2 N–H and O–H groups in total. The van der Waals surface area contributed by atoms with E-state index in [1.807, 2.05) is 0 Å². The molecule has 0 saturated heterocycles. The van der Waals surface area contributed by atoms with Crippen LogP contribution in [0.5, 0.6) is 11.5 Å². The zero-order valence-electron chi connectivity index (χ0n) is 15.3. The van der Waals surface area contributed by atoms with E-state index in [0.29, 0.717) is 17.2 Å². The topological polar surface area (TPSA) is 59.6 Å². The largest absolute Gasteiger partial charge is 0.497 e. The third-order valence-corrected chi connectivity index (χ3v) is 4.11. The Bertz CT molecular complexity index is 707. The molecule has 5 nitrogen and oxygen atoms in total. The number of carbonyl (C=O) groups is 1. The maximum Gasteiger partial charge on any atom is 0.243 e. The summed E-state index contributed by atoms with van der Waals surface area (Å²) in [7, 11) is 3.15. The van der Waals surface area contributed by atoms with Gasteiger partial charge in [-0.15, -0.1) is 0 Å². The lowest BCUT2D eigenvalue weighted by molar-refractivity contribution is -0.114. The molecule has 0 heterocycles. The van der Waals surface area contributed by atoms with Crippen LogP contribution in [0.4, 0.5) is 11.4 Å². The Labute approximate surface area is 149 Å². The van der Waals surface area contributed by atoms with Crippen LogP contribution in [0.25, 0.3) is 0 Å². The summed E-state index contributed by atoms with van der Waals surface area (Å²) in [5, 5.41) is 6.16. The van der Waals surface area contributed by atoms with Crippen molar-refractivity contribution in [3.63, 3.8) is 0 Å². The Morgan fingerprint density at radius 3 is 2.24 bits per heavy atom. The summed E-state index contributed by atoms with van der Waals surface area (Å²) in [6.07, 6.45) is 1.84. The summed E-state index contributed by atoms with van der Waals surface area (Å²) in [5.41, 5.74) is 4.11. The zero-order valence-corrected chi connectivity index (χ0v) is 15.3. The van der Waals surface area contributed by atoms with Gasteiger partial charge < -0.3 is 20.1 Å². The van der Waals surface area contributed by atoms with E-state index in [9.17, 15) is 4.79 Å². The van der Waals surface area contributed by atoms with Crippen molar-refractivity contribution in [3.8, 4) is 11.5 Å². The number of hydrogen-bond acceptors (Lipinski definition) is 4. The van der Waals surface area contributed by atoms with Gasteiger partial charge in [-0.3, -0.25) is 4.79 Å². The Kier molecular flexibility index (Phi) is 6.69. The lowest BCUT2D eigenvalue weighted by Crippen LogP contribution is -2.23. The number of hydrogen-bond donors (Lipinski definition) is 2. The van der Waals surface area contributed by atoms with Crippen molar-refractivity contribution in [2.45, 2.75) is 26.7 Å². The van der Waals surface area contributed by atoms with E-state index >= 15 is 0 Å². The number of carbonyl (C=O) groups excluding carboxylic acids is 1. The number of benzene rings is 2. The summed E-state index contributed by atoms with van der Waals surface area (Å²) < 4.78 is 10.5. The second kappa shape index (κ2) is 8.97. The molecule has 0 fully saturated rings. The average molecular weight is 342 g/mol. The Hall–Kier alpha value is -2.69. The van der Waals surface area contributed by atoms with Crippen molar-refractivity contribution in [2.24, 2.45) is 0 Å². The summed E-state index contributed by atoms with van der Waals surface area (Å²) in [5.74, 6) is 1.12. The van der Waals surface area contributed by atoms with Gasteiger partial charge in [0.15, 0.2) is 0 Å². The predicted octanol–water partition coefficient (Wildman–Crippen LogP) is 3.88. The Balaban J connectivity index is 2.07. The average Bonchev–Trinajstić information content (AvgIpc) is 2.66. The van der Waals surface area contributed by atoms with Gasteiger partial charge in [-0.25, -0.2) is 0 Å². The number of ether oxygens (including phenoxy) is 2. The first kappa shape index (κ1) is 18.6. The molecule has 0 atom stereocenters. The van der Waals surface area contributed by atoms with Crippen LogP contribution in [-0.2, 0) is 17.6 Å². The van der Waals surface area contributed by atoms with Crippen LogP contribution in [-0.4, -0.2) is 26.7 Å². The van der Waals surface area contributed by atoms with Crippen LogP contribution in [0, 0.1) is 0 Å². The van der Waals surface area contributed by atoms with Crippen molar-refractivity contribution in [2.75, 3.05) is 31.4 Å². The van der Waals surface area contributed by atoms with Crippen LogP contribution < -0.4 is 20.1 Å². The molecule has 0 aliphatic heterocycles. The predicted molar refractivity (Wildman–Crippen MR) is 102 cm³/mol. The van der Waals surface area contributed by atoms with Crippen LogP contribution in [0.15, 0.2) is 36.4 Å². The van der Waals surface area contributed by atoms with Crippen molar-refractivity contribution in [3.05, 3.63) is 47.5 Å². The van der Waals surface area contributed by atoms with E-state index in [0.717, 1.165) is 18.5 Å². The highest BCUT2D eigenvalue weighted by Crippen LogP contribution is 2.29. The standard InChI is InChI=1S/C20H26N2O3/c1-5-14-8-7-9-15(6-2)20(14)21-13-19(23)22-17-11-10-16(24-3)12-18(17)25-4/h7-12,21H,5-6,13H2,1-4H3,(H,22,23). The van der Waals surface area contributed by atoms with Crippen LogP contribution in [0.3, 0.4) is 0 Å². The number of rotatable bonds is 8. The van der Waals surface area contributed by atoms with Crippen LogP contribution >= 0.6 is 0 Å². The molecule has 1 amide bonds. The van der Waals surface area contributed by atoms with Gasteiger partial charge in [0.05, 0.1) is 26.5 Å². The molecule has 0 aromatic heterocycles. The number of amides is 1. The molecule has 0 radical (unpaired) electrons. The van der Waals surface area contributed by atoms with E-state index in [2.05, 4.69) is 42.7 Å². The molecular weight excluding hydrogens is 316 g/mol. The Morgan fingerprint density at radius 1 is 1.00 bits per heavy atom. The lowest BCUT2D eigenvalue weighted by Gasteiger charge is -2.16. The fourth-order valence-electron chi connectivity index (χ4n) is 2.73. The molecule has 0 unspecified atom stereocenters. The molecular formula is C20H26N2O3. The molecule has 134 valence electrons. The summed E-state index contributed by atoms with van der Waals surface area (Å²) in [6, 6.07) is 11.5. The van der Waals surface area contributed by atoms with Gasteiger partial charge in [-0.2, -0.15) is 0 Å². The quantitative estimate of drug-likeness (QED) is 0.764. The minimum Gasteiger partial charge on any atom is -0.497 e. The Morgan fingerprint density at radius 2 is 1.68 bits per heavy atom. The van der Waals surface area contributed by atoms with E-state index in [1.54, 1.807) is 32.4 Å². The highest BCUT2D eigenvalue weighted by molar-refractivity contribution is 5.95. The first-order valence-electron chi connectivity index (χ1n) is 8.49. The number of para-hydroxylation sites is 1. The monoisotopic (exact) mass is 342 g/mol. The second-order valence-corrected chi connectivity index (χ2v) is 5.63. The molecule has 2 aromatic rings. The van der Waals surface area contributed by atoms with Gasteiger partial charge >= 0.3 is 0 Å². The SMILES string of the molecule is CCc1cccc(CC)c1NCC(=O)Nc1ccc(OC)cc1OC. The molecule has 0 bridgehead atoms. The minimum atomic E-state index is -0.128. The van der Waals surface area contributed by atoms with Crippen molar-refractivity contribution in [1.82, 2.24) is 0 Å². The third kappa shape index (κ3) is 4.66. The number of aryl methyl sites for hydroxylation is 2. The van der Waals surface area contributed by atoms with E-state index < -0.39 is 0 Å².